The molecule has 0 heterocycles. The fraction of sp³-hybridized carbons (Fsp3) is 0.483. The first kappa shape index (κ1) is 27.6. The quantitative estimate of drug-likeness (QED) is 0.367. The summed E-state index contributed by atoms with van der Waals surface area (Å²) >= 11 is 0. The van der Waals surface area contributed by atoms with Gasteiger partial charge in [-0.3, -0.25) is 4.79 Å². The van der Waals surface area contributed by atoms with Gasteiger partial charge in [0.2, 0.25) is 0 Å². The average molecular weight is 469 g/mol. The number of hydrogen-bond donors (Lipinski definition) is 3. The molecule has 0 fully saturated rings. The van der Waals surface area contributed by atoms with Crippen molar-refractivity contribution in [2.75, 3.05) is 6.61 Å². The summed E-state index contributed by atoms with van der Waals surface area (Å²) < 4.78 is 5.79. The standard InChI is InChI=1S/C29H40O5/c1-7-29(8-2,23-10-9-22(20(3)17-23)15-16-28(5,6)33)24-11-13-26(21(4)18-24)34-19-25(30)12-14-27(31)32/h9-11,13,15-18,25,30,33H,7-8,12,14,19H2,1-6H3,(H,31,32)/t25-/m0/s1. The van der Waals surface area contributed by atoms with Crippen molar-refractivity contribution < 1.29 is 24.9 Å². The lowest BCUT2D eigenvalue weighted by Crippen LogP contribution is -2.26. The number of carbonyl (C=O) groups is 1. The molecule has 0 aliphatic rings. The minimum Gasteiger partial charge on any atom is -0.491 e. The third-order valence-corrected chi connectivity index (χ3v) is 6.55. The lowest BCUT2D eigenvalue weighted by atomic mass is 9.70. The van der Waals surface area contributed by atoms with Crippen molar-refractivity contribution in [3.63, 3.8) is 0 Å². The van der Waals surface area contributed by atoms with E-state index in [0.29, 0.717) is 5.75 Å². The number of carboxylic acid groups (broad SMARTS) is 1. The number of benzene rings is 2. The maximum Gasteiger partial charge on any atom is 0.303 e. The van der Waals surface area contributed by atoms with Gasteiger partial charge in [0.25, 0.3) is 0 Å². The van der Waals surface area contributed by atoms with Crippen LogP contribution in [0.25, 0.3) is 6.08 Å². The molecule has 5 heteroatoms. The first-order valence-corrected chi connectivity index (χ1v) is 12.1. The molecule has 0 aliphatic heterocycles. The van der Waals surface area contributed by atoms with E-state index in [1.165, 1.54) is 11.1 Å². The topological polar surface area (TPSA) is 87.0 Å². The molecule has 5 nitrogen and oxygen atoms in total. The maximum absolute atomic E-state index is 10.7. The van der Waals surface area contributed by atoms with Crippen molar-refractivity contribution in [3.05, 3.63) is 70.3 Å². The van der Waals surface area contributed by atoms with Crippen LogP contribution in [0.5, 0.6) is 5.75 Å². The first-order chi connectivity index (χ1) is 15.9. The zero-order chi connectivity index (χ0) is 25.5. The Morgan fingerprint density at radius 2 is 1.62 bits per heavy atom. The van der Waals surface area contributed by atoms with Crippen molar-refractivity contribution in [1.29, 1.82) is 0 Å². The lowest BCUT2D eigenvalue weighted by Gasteiger charge is -2.34. The molecule has 0 aromatic heterocycles. The normalized spacial score (nSPS) is 13.3. The molecular weight excluding hydrogens is 428 g/mol. The summed E-state index contributed by atoms with van der Waals surface area (Å²) in [5, 5.41) is 28.8. The Morgan fingerprint density at radius 1 is 1.03 bits per heavy atom. The van der Waals surface area contributed by atoms with Crippen molar-refractivity contribution in [2.45, 2.75) is 84.3 Å². The van der Waals surface area contributed by atoms with Crippen LogP contribution in [0.2, 0.25) is 0 Å². The maximum atomic E-state index is 10.7. The first-order valence-electron chi connectivity index (χ1n) is 12.1. The molecule has 34 heavy (non-hydrogen) atoms. The van der Waals surface area contributed by atoms with Gasteiger partial charge in [0.15, 0.2) is 0 Å². The second-order valence-electron chi connectivity index (χ2n) is 9.73. The van der Waals surface area contributed by atoms with E-state index in [1.807, 2.05) is 25.1 Å². The lowest BCUT2D eigenvalue weighted by molar-refractivity contribution is -0.137. The summed E-state index contributed by atoms with van der Waals surface area (Å²) in [7, 11) is 0. The minimum atomic E-state index is -0.924. The van der Waals surface area contributed by atoms with Crippen LogP contribution in [0, 0.1) is 13.8 Å². The smallest absolute Gasteiger partial charge is 0.303 e. The third kappa shape index (κ3) is 7.18. The molecule has 3 N–H and O–H groups in total. The van der Waals surface area contributed by atoms with E-state index in [1.54, 1.807) is 13.8 Å². The molecule has 0 bridgehead atoms. The summed E-state index contributed by atoms with van der Waals surface area (Å²) in [5.74, 6) is -0.228. The summed E-state index contributed by atoms with van der Waals surface area (Å²) in [6.07, 6.45) is 4.94. The molecule has 0 spiro atoms. The van der Waals surface area contributed by atoms with Crippen LogP contribution in [-0.2, 0) is 10.2 Å². The van der Waals surface area contributed by atoms with Crippen LogP contribution in [0.3, 0.4) is 0 Å². The van der Waals surface area contributed by atoms with Crippen molar-refractivity contribution >= 4 is 12.0 Å². The van der Waals surface area contributed by atoms with Gasteiger partial charge in [-0.25, -0.2) is 0 Å². The summed E-state index contributed by atoms with van der Waals surface area (Å²) in [4.78, 5) is 10.7. The van der Waals surface area contributed by atoms with Gasteiger partial charge in [-0.1, -0.05) is 56.3 Å². The Hall–Kier alpha value is -2.63. The SMILES string of the molecule is CCC(CC)(c1ccc(C=CC(C)(C)O)c(C)c1)c1ccc(OC[C@@H](O)CCC(=O)O)c(C)c1. The predicted octanol–water partition coefficient (Wildman–Crippen LogP) is 5.80. The van der Waals surface area contributed by atoms with Gasteiger partial charge in [0.1, 0.15) is 12.4 Å². The van der Waals surface area contributed by atoms with Crippen molar-refractivity contribution in [2.24, 2.45) is 0 Å². The van der Waals surface area contributed by atoms with Gasteiger partial charge in [-0.15, -0.1) is 0 Å². The minimum absolute atomic E-state index is 0.0684. The molecule has 0 unspecified atom stereocenters. The number of aliphatic hydroxyl groups excluding tert-OH is 1. The zero-order valence-corrected chi connectivity index (χ0v) is 21.4. The van der Waals surface area contributed by atoms with Crippen LogP contribution in [0.1, 0.15) is 81.2 Å². The summed E-state index contributed by atoms with van der Waals surface area (Å²) in [6.45, 7) is 12.1. The summed E-state index contributed by atoms with van der Waals surface area (Å²) in [5.41, 5.74) is 4.71. The van der Waals surface area contributed by atoms with Gasteiger partial charge in [0, 0.05) is 11.8 Å². The molecule has 2 aromatic rings. The Balaban J connectivity index is 2.30. The van der Waals surface area contributed by atoms with Gasteiger partial charge in [0.05, 0.1) is 11.7 Å². The number of aliphatic hydroxyl groups is 2. The predicted molar refractivity (Wildman–Crippen MR) is 137 cm³/mol. The van der Waals surface area contributed by atoms with Gasteiger partial charge >= 0.3 is 5.97 Å². The van der Waals surface area contributed by atoms with Gasteiger partial charge < -0.3 is 20.1 Å². The van der Waals surface area contributed by atoms with E-state index in [0.717, 1.165) is 29.5 Å². The molecule has 2 rings (SSSR count). The van der Waals surface area contributed by atoms with E-state index in [2.05, 4.69) is 51.1 Å². The van der Waals surface area contributed by atoms with Crippen LogP contribution in [0.15, 0.2) is 42.5 Å². The highest BCUT2D eigenvalue weighted by atomic mass is 16.5. The van der Waals surface area contributed by atoms with Crippen LogP contribution >= 0.6 is 0 Å². The number of hydrogen-bond acceptors (Lipinski definition) is 4. The van der Waals surface area contributed by atoms with Gasteiger partial charge in [-0.2, -0.15) is 0 Å². The Morgan fingerprint density at radius 3 is 2.12 bits per heavy atom. The van der Waals surface area contributed by atoms with E-state index < -0.39 is 17.7 Å². The van der Waals surface area contributed by atoms with Crippen LogP contribution in [-0.4, -0.2) is 39.6 Å². The third-order valence-electron chi connectivity index (χ3n) is 6.55. The molecule has 1 atom stereocenters. The number of ether oxygens (including phenoxy) is 1. The molecule has 0 saturated carbocycles. The van der Waals surface area contributed by atoms with Crippen molar-refractivity contribution in [1.82, 2.24) is 0 Å². The molecule has 0 amide bonds. The number of aryl methyl sites for hydroxylation is 2. The number of aliphatic carboxylic acids is 1. The average Bonchev–Trinajstić information content (AvgIpc) is 2.77. The Labute approximate surface area is 204 Å². The summed E-state index contributed by atoms with van der Waals surface area (Å²) in [6, 6.07) is 12.7. The second kappa shape index (κ2) is 11.7. The fourth-order valence-corrected chi connectivity index (χ4v) is 4.36. The van der Waals surface area contributed by atoms with E-state index >= 15 is 0 Å². The highest BCUT2D eigenvalue weighted by Crippen LogP contribution is 2.41. The zero-order valence-electron chi connectivity index (χ0n) is 21.4. The van der Waals surface area contributed by atoms with E-state index in [-0.39, 0.29) is 24.9 Å². The highest BCUT2D eigenvalue weighted by molar-refractivity contribution is 5.66. The highest BCUT2D eigenvalue weighted by Gasteiger charge is 2.31. The Kier molecular flexibility index (Phi) is 9.48. The largest absolute Gasteiger partial charge is 0.491 e. The molecular formula is C29H40O5. The number of carboxylic acids is 1. The van der Waals surface area contributed by atoms with Gasteiger partial charge in [-0.05, 0) is 80.8 Å². The molecule has 186 valence electrons. The molecule has 0 aliphatic carbocycles. The van der Waals surface area contributed by atoms with E-state index in [4.69, 9.17) is 9.84 Å². The molecule has 0 radical (unpaired) electrons. The monoisotopic (exact) mass is 468 g/mol. The molecule has 0 saturated heterocycles. The van der Waals surface area contributed by atoms with Crippen LogP contribution < -0.4 is 4.74 Å². The number of rotatable bonds is 12. The Bertz CT molecular complexity index is 996. The van der Waals surface area contributed by atoms with Crippen molar-refractivity contribution in [3.8, 4) is 5.75 Å². The fourth-order valence-electron chi connectivity index (χ4n) is 4.36. The van der Waals surface area contributed by atoms with Crippen LogP contribution in [0.4, 0.5) is 0 Å². The molecule has 2 aromatic carbocycles. The van der Waals surface area contributed by atoms with E-state index in [9.17, 15) is 15.0 Å². The second-order valence-corrected chi connectivity index (χ2v) is 9.73.